The van der Waals surface area contributed by atoms with Gasteiger partial charge in [-0.15, -0.1) is 0 Å². The first kappa shape index (κ1) is 16.0. The molecule has 2 rings (SSSR count). The summed E-state index contributed by atoms with van der Waals surface area (Å²) in [5, 5.41) is 0. The van der Waals surface area contributed by atoms with Crippen molar-refractivity contribution in [1.29, 1.82) is 0 Å². The zero-order valence-corrected chi connectivity index (χ0v) is 13.7. The van der Waals surface area contributed by atoms with Crippen LogP contribution in [0.15, 0.2) is 0 Å². The summed E-state index contributed by atoms with van der Waals surface area (Å²) < 4.78 is 0. The van der Waals surface area contributed by atoms with Gasteiger partial charge in [-0.05, 0) is 69.2 Å². The smallest absolute Gasteiger partial charge is 0.148 e. The fraction of sp³-hybridized carbons (Fsp3) is 0.941. The molecule has 0 aliphatic heterocycles. The molecular formula is C17H32N2O. The summed E-state index contributed by atoms with van der Waals surface area (Å²) in [5.74, 6) is 2.59. The summed E-state index contributed by atoms with van der Waals surface area (Å²) in [6.07, 6.45) is 9.33. The first-order valence-electron chi connectivity index (χ1n) is 8.42. The van der Waals surface area contributed by atoms with Gasteiger partial charge in [0.1, 0.15) is 5.78 Å². The van der Waals surface area contributed by atoms with Crippen molar-refractivity contribution in [2.45, 2.75) is 71.8 Å². The van der Waals surface area contributed by atoms with Crippen LogP contribution in [0.3, 0.4) is 0 Å². The minimum Gasteiger partial charge on any atom is -0.298 e. The van der Waals surface area contributed by atoms with Crippen molar-refractivity contribution in [3.63, 3.8) is 0 Å². The van der Waals surface area contributed by atoms with Gasteiger partial charge < -0.3 is 0 Å². The Bertz CT molecular complexity index is 322. The highest BCUT2D eigenvalue weighted by molar-refractivity contribution is 5.81. The molecule has 0 aromatic heterocycles. The summed E-state index contributed by atoms with van der Waals surface area (Å²) in [6, 6.07) is -0.0259. The molecule has 0 bridgehead atoms. The van der Waals surface area contributed by atoms with Gasteiger partial charge in [-0.1, -0.05) is 26.7 Å². The minimum absolute atomic E-state index is 0.0259. The second-order valence-electron chi connectivity index (χ2n) is 7.37. The predicted octanol–water partition coefficient (Wildman–Crippen LogP) is 3.30. The van der Waals surface area contributed by atoms with Crippen LogP contribution in [-0.4, -0.2) is 18.9 Å². The monoisotopic (exact) mass is 280 g/mol. The first-order chi connectivity index (χ1) is 9.49. The number of hydrazine groups is 1. The van der Waals surface area contributed by atoms with E-state index in [1.54, 1.807) is 6.92 Å². The summed E-state index contributed by atoms with van der Waals surface area (Å²) in [7, 11) is 1.84. The highest BCUT2D eigenvalue weighted by Gasteiger charge is 2.47. The van der Waals surface area contributed by atoms with Gasteiger partial charge in [0.25, 0.3) is 0 Å². The van der Waals surface area contributed by atoms with Gasteiger partial charge in [0.15, 0.2) is 0 Å². The number of hydrogen-bond donors (Lipinski definition) is 2. The Hall–Kier alpha value is -0.410. The van der Waals surface area contributed by atoms with E-state index in [9.17, 15) is 4.79 Å². The van der Waals surface area contributed by atoms with Gasteiger partial charge in [0.05, 0.1) is 6.04 Å². The number of hydrogen-bond acceptors (Lipinski definition) is 3. The second kappa shape index (κ2) is 6.57. The average Bonchev–Trinajstić information content (AvgIpc) is 2.86. The maximum atomic E-state index is 11.7. The summed E-state index contributed by atoms with van der Waals surface area (Å²) >= 11 is 0. The molecule has 3 heteroatoms. The molecule has 0 radical (unpaired) electrons. The molecule has 3 atom stereocenters. The van der Waals surface area contributed by atoms with Crippen LogP contribution in [0.25, 0.3) is 0 Å². The Kier molecular flexibility index (Phi) is 5.25. The Labute approximate surface area is 124 Å². The van der Waals surface area contributed by atoms with Crippen molar-refractivity contribution < 1.29 is 4.79 Å². The van der Waals surface area contributed by atoms with E-state index < -0.39 is 0 Å². The molecule has 1 spiro atoms. The highest BCUT2D eigenvalue weighted by atomic mass is 16.1. The quantitative estimate of drug-likeness (QED) is 0.759. The van der Waals surface area contributed by atoms with Crippen molar-refractivity contribution in [1.82, 2.24) is 10.9 Å². The van der Waals surface area contributed by atoms with Crippen LogP contribution in [0.1, 0.15) is 65.7 Å². The van der Waals surface area contributed by atoms with Crippen molar-refractivity contribution in [3.8, 4) is 0 Å². The van der Waals surface area contributed by atoms with Gasteiger partial charge in [-0.2, -0.15) is 0 Å². The molecule has 20 heavy (non-hydrogen) atoms. The summed E-state index contributed by atoms with van der Waals surface area (Å²) in [6.45, 7) is 6.62. The zero-order chi connectivity index (χ0) is 14.8. The lowest BCUT2D eigenvalue weighted by molar-refractivity contribution is -0.120. The Morgan fingerprint density at radius 1 is 1.20 bits per heavy atom. The van der Waals surface area contributed by atoms with Gasteiger partial charge in [0.2, 0.25) is 0 Å². The maximum absolute atomic E-state index is 11.7. The standard InChI is InChI=1S/C17H32N2O/c1-12-9-15(11-16(14(3)20)19-18-4)10-13(2)17(12)7-5-6-8-17/h12-13,15-16,18-19H,5-11H2,1-4H3. The molecule has 3 nitrogen and oxygen atoms in total. The Morgan fingerprint density at radius 3 is 2.20 bits per heavy atom. The molecule has 3 unspecified atom stereocenters. The van der Waals surface area contributed by atoms with Crippen molar-refractivity contribution >= 4 is 5.78 Å². The Morgan fingerprint density at radius 2 is 1.75 bits per heavy atom. The third-order valence-electron chi connectivity index (χ3n) is 6.25. The molecule has 2 N–H and O–H groups in total. The second-order valence-corrected chi connectivity index (χ2v) is 7.37. The molecular weight excluding hydrogens is 248 g/mol. The molecule has 0 aromatic carbocycles. The first-order valence-corrected chi connectivity index (χ1v) is 8.42. The molecule has 2 saturated carbocycles. The molecule has 2 fully saturated rings. The number of carbonyl (C=O) groups is 1. The number of nitrogens with one attached hydrogen (secondary N) is 2. The molecule has 0 heterocycles. The zero-order valence-electron chi connectivity index (χ0n) is 13.7. The van der Waals surface area contributed by atoms with E-state index in [2.05, 4.69) is 24.7 Å². The lowest BCUT2D eigenvalue weighted by Gasteiger charge is -2.48. The van der Waals surface area contributed by atoms with E-state index in [-0.39, 0.29) is 11.8 Å². The SMILES string of the molecule is CNNC(CC1CC(C)C2(CCCC2)C(C)C1)C(C)=O. The van der Waals surface area contributed by atoms with Crippen LogP contribution in [-0.2, 0) is 4.79 Å². The molecule has 0 aromatic rings. The fourth-order valence-electron chi connectivity index (χ4n) is 5.10. The van der Waals surface area contributed by atoms with Gasteiger partial charge in [-0.3, -0.25) is 10.2 Å². The topological polar surface area (TPSA) is 41.1 Å². The van der Waals surface area contributed by atoms with E-state index in [1.807, 2.05) is 7.05 Å². The van der Waals surface area contributed by atoms with E-state index in [1.165, 1.54) is 38.5 Å². The average molecular weight is 280 g/mol. The molecule has 2 aliphatic rings. The van der Waals surface area contributed by atoms with Crippen molar-refractivity contribution in [2.75, 3.05) is 7.05 Å². The van der Waals surface area contributed by atoms with Crippen LogP contribution >= 0.6 is 0 Å². The number of rotatable bonds is 5. The minimum atomic E-state index is -0.0259. The third-order valence-corrected chi connectivity index (χ3v) is 6.25. The largest absolute Gasteiger partial charge is 0.298 e. The maximum Gasteiger partial charge on any atom is 0.148 e. The number of ketones is 1. The van der Waals surface area contributed by atoms with Crippen LogP contribution in [0.2, 0.25) is 0 Å². The van der Waals surface area contributed by atoms with Crippen LogP contribution < -0.4 is 10.9 Å². The van der Waals surface area contributed by atoms with E-state index in [4.69, 9.17) is 0 Å². The highest BCUT2D eigenvalue weighted by Crippen LogP contribution is 2.57. The summed E-state index contributed by atoms with van der Waals surface area (Å²) in [4.78, 5) is 11.7. The normalized spacial score (nSPS) is 34.3. The lowest BCUT2D eigenvalue weighted by atomic mass is 9.57. The van der Waals surface area contributed by atoms with E-state index in [0.717, 1.165) is 18.3 Å². The van der Waals surface area contributed by atoms with Crippen LogP contribution in [0.5, 0.6) is 0 Å². The van der Waals surface area contributed by atoms with Gasteiger partial charge >= 0.3 is 0 Å². The lowest BCUT2D eigenvalue weighted by Crippen LogP contribution is -2.46. The number of carbonyl (C=O) groups excluding carboxylic acids is 1. The summed E-state index contributed by atoms with van der Waals surface area (Å²) in [5.41, 5.74) is 6.68. The van der Waals surface area contributed by atoms with Crippen molar-refractivity contribution in [2.24, 2.45) is 23.2 Å². The fourth-order valence-corrected chi connectivity index (χ4v) is 5.10. The molecule has 0 amide bonds. The van der Waals surface area contributed by atoms with Crippen LogP contribution in [0.4, 0.5) is 0 Å². The predicted molar refractivity (Wildman–Crippen MR) is 83.2 cm³/mol. The molecule has 0 saturated heterocycles. The van der Waals surface area contributed by atoms with Crippen LogP contribution in [0, 0.1) is 23.2 Å². The van der Waals surface area contributed by atoms with E-state index >= 15 is 0 Å². The molecule has 116 valence electrons. The molecule has 2 aliphatic carbocycles. The number of Topliss-reactive ketones (excluding diaryl/α,β-unsaturated/α-hetero) is 1. The van der Waals surface area contributed by atoms with Crippen molar-refractivity contribution in [3.05, 3.63) is 0 Å². The van der Waals surface area contributed by atoms with E-state index in [0.29, 0.717) is 11.3 Å². The third kappa shape index (κ3) is 3.09. The van der Waals surface area contributed by atoms with Gasteiger partial charge in [0, 0.05) is 0 Å². The Balaban J connectivity index is 1.97. The van der Waals surface area contributed by atoms with Gasteiger partial charge in [-0.25, -0.2) is 5.43 Å².